The molecule has 2 aliphatic heterocycles. The predicted octanol–water partition coefficient (Wildman–Crippen LogP) is 1.92. The molecule has 1 saturated heterocycles. The Morgan fingerprint density at radius 3 is 2.84 bits per heavy atom. The lowest BCUT2D eigenvalue weighted by molar-refractivity contribution is -0.144. The van der Waals surface area contributed by atoms with E-state index in [-0.39, 0.29) is 24.0 Å². The topological polar surface area (TPSA) is 67.9 Å². The van der Waals surface area contributed by atoms with Gasteiger partial charge in [0.05, 0.1) is 17.1 Å². The normalized spacial score (nSPS) is 18.9. The number of fused-ring (bicyclic) bond motifs is 2. The highest BCUT2D eigenvalue weighted by molar-refractivity contribution is 7.14. The van der Waals surface area contributed by atoms with Crippen LogP contribution in [-0.2, 0) is 26.3 Å². The SMILES string of the molecule is CCCNC(=O)c1cc2c(s1)CCOC21CCN(C(=O)COC)CC1. The summed E-state index contributed by atoms with van der Waals surface area (Å²) in [5.41, 5.74) is 0.807. The van der Waals surface area contributed by atoms with E-state index in [0.717, 1.165) is 36.1 Å². The Kier molecular flexibility index (Phi) is 5.76. The highest BCUT2D eigenvalue weighted by Crippen LogP contribution is 2.44. The van der Waals surface area contributed by atoms with Crippen LogP contribution in [0.2, 0.25) is 0 Å². The molecule has 1 aromatic heterocycles. The molecule has 138 valence electrons. The minimum atomic E-state index is -0.350. The molecule has 6 nitrogen and oxygen atoms in total. The number of carbonyl (C=O) groups is 2. The fourth-order valence-corrected chi connectivity index (χ4v) is 4.75. The number of ether oxygens (including phenoxy) is 2. The number of rotatable bonds is 5. The van der Waals surface area contributed by atoms with E-state index in [0.29, 0.717) is 26.2 Å². The summed E-state index contributed by atoms with van der Waals surface area (Å²) in [7, 11) is 1.54. The van der Waals surface area contributed by atoms with E-state index in [4.69, 9.17) is 9.47 Å². The second kappa shape index (κ2) is 7.85. The van der Waals surface area contributed by atoms with E-state index < -0.39 is 0 Å². The van der Waals surface area contributed by atoms with Gasteiger partial charge >= 0.3 is 0 Å². The number of hydrogen-bond donors (Lipinski definition) is 1. The van der Waals surface area contributed by atoms with Gasteiger partial charge in [-0.3, -0.25) is 9.59 Å². The molecule has 2 amide bonds. The number of nitrogens with zero attached hydrogens (tertiary/aromatic N) is 1. The van der Waals surface area contributed by atoms with Gasteiger partial charge in [0.2, 0.25) is 5.91 Å². The van der Waals surface area contributed by atoms with Crippen LogP contribution in [0.1, 0.15) is 46.3 Å². The number of methoxy groups -OCH3 is 1. The Morgan fingerprint density at radius 2 is 2.16 bits per heavy atom. The molecule has 2 aliphatic rings. The van der Waals surface area contributed by atoms with Gasteiger partial charge in [-0.2, -0.15) is 0 Å². The van der Waals surface area contributed by atoms with Gasteiger partial charge < -0.3 is 19.7 Å². The quantitative estimate of drug-likeness (QED) is 0.865. The third kappa shape index (κ3) is 3.73. The van der Waals surface area contributed by atoms with Crippen molar-refractivity contribution in [1.82, 2.24) is 10.2 Å². The van der Waals surface area contributed by atoms with Crippen molar-refractivity contribution in [3.63, 3.8) is 0 Å². The van der Waals surface area contributed by atoms with Gasteiger partial charge in [-0.15, -0.1) is 11.3 Å². The van der Waals surface area contributed by atoms with Crippen LogP contribution in [0, 0.1) is 0 Å². The summed E-state index contributed by atoms with van der Waals surface area (Å²) in [4.78, 5) is 28.2. The van der Waals surface area contributed by atoms with Crippen molar-refractivity contribution >= 4 is 23.2 Å². The lowest BCUT2D eigenvalue weighted by Gasteiger charge is -2.44. The Morgan fingerprint density at radius 1 is 1.40 bits per heavy atom. The van der Waals surface area contributed by atoms with Crippen LogP contribution in [0.5, 0.6) is 0 Å². The predicted molar refractivity (Wildman–Crippen MR) is 96.0 cm³/mol. The van der Waals surface area contributed by atoms with Crippen LogP contribution in [-0.4, -0.2) is 56.7 Å². The molecule has 1 spiro atoms. The maximum atomic E-state index is 12.3. The molecule has 0 aromatic carbocycles. The number of amides is 2. The van der Waals surface area contributed by atoms with Crippen LogP contribution < -0.4 is 5.32 Å². The van der Waals surface area contributed by atoms with Crippen molar-refractivity contribution in [1.29, 1.82) is 0 Å². The zero-order valence-corrected chi connectivity index (χ0v) is 15.7. The van der Waals surface area contributed by atoms with Gasteiger partial charge in [0, 0.05) is 38.0 Å². The monoisotopic (exact) mass is 366 g/mol. The average molecular weight is 366 g/mol. The molecule has 3 heterocycles. The summed E-state index contributed by atoms with van der Waals surface area (Å²) >= 11 is 1.58. The van der Waals surface area contributed by atoms with Crippen LogP contribution in [0.15, 0.2) is 6.07 Å². The molecule has 0 radical (unpaired) electrons. The van der Waals surface area contributed by atoms with E-state index in [1.807, 2.05) is 17.9 Å². The largest absolute Gasteiger partial charge is 0.375 e. The highest BCUT2D eigenvalue weighted by atomic mass is 32.1. The number of hydrogen-bond acceptors (Lipinski definition) is 5. The van der Waals surface area contributed by atoms with Crippen molar-refractivity contribution in [2.45, 2.75) is 38.2 Å². The Balaban J connectivity index is 1.75. The van der Waals surface area contributed by atoms with Crippen LogP contribution in [0.4, 0.5) is 0 Å². The first kappa shape index (κ1) is 18.4. The van der Waals surface area contributed by atoms with Crippen molar-refractivity contribution in [3.8, 4) is 0 Å². The first-order chi connectivity index (χ1) is 12.1. The standard InChI is InChI=1S/C18H26N2O4S/c1-3-7-19-17(22)15-11-13-14(25-15)4-10-24-18(13)5-8-20(9-6-18)16(21)12-23-2/h11H,3-10,12H2,1-2H3,(H,19,22). The molecule has 3 rings (SSSR count). The Hall–Kier alpha value is -1.44. The summed E-state index contributed by atoms with van der Waals surface area (Å²) in [5.74, 6) is 0.0300. The summed E-state index contributed by atoms with van der Waals surface area (Å²) in [6.45, 7) is 4.86. The smallest absolute Gasteiger partial charge is 0.261 e. The lowest BCUT2D eigenvalue weighted by Crippen LogP contribution is -2.48. The highest BCUT2D eigenvalue weighted by Gasteiger charge is 2.43. The fraction of sp³-hybridized carbons (Fsp3) is 0.667. The van der Waals surface area contributed by atoms with Crippen molar-refractivity contribution in [3.05, 3.63) is 21.4 Å². The maximum absolute atomic E-state index is 12.3. The Labute approximate surface area is 152 Å². The summed E-state index contributed by atoms with van der Waals surface area (Å²) in [6, 6.07) is 2.01. The molecule has 7 heteroatoms. The molecule has 1 aromatic rings. The second-order valence-electron chi connectivity index (χ2n) is 6.61. The molecule has 0 saturated carbocycles. The zero-order chi connectivity index (χ0) is 17.9. The summed E-state index contributed by atoms with van der Waals surface area (Å²) in [5, 5.41) is 2.95. The molecule has 25 heavy (non-hydrogen) atoms. The minimum Gasteiger partial charge on any atom is -0.375 e. The van der Waals surface area contributed by atoms with Crippen LogP contribution >= 0.6 is 11.3 Å². The summed E-state index contributed by atoms with van der Waals surface area (Å²) < 4.78 is 11.1. The minimum absolute atomic E-state index is 0.00380. The first-order valence-electron chi connectivity index (χ1n) is 8.91. The lowest BCUT2D eigenvalue weighted by atomic mass is 9.82. The molecule has 1 N–H and O–H groups in total. The third-order valence-electron chi connectivity index (χ3n) is 4.96. The van der Waals surface area contributed by atoms with Gasteiger partial charge in [-0.1, -0.05) is 6.92 Å². The molecule has 1 fully saturated rings. The van der Waals surface area contributed by atoms with E-state index in [1.54, 1.807) is 11.3 Å². The molecule has 0 bridgehead atoms. The maximum Gasteiger partial charge on any atom is 0.261 e. The molecule has 0 unspecified atom stereocenters. The van der Waals surface area contributed by atoms with Gasteiger partial charge in [0.1, 0.15) is 6.61 Å². The molecular weight excluding hydrogens is 340 g/mol. The Bertz CT molecular complexity index is 635. The number of carbonyl (C=O) groups excluding carboxylic acids is 2. The number of nitrogens with one attached hydrogen (secondary N) is 1. The zero-order valence-electron chi connectivity index (χ0n) is 14.9. The van der Waals surface area contributed by atoms with Gasteiger partial charge in [0.25, 0.3) is 5.91 Å². The van der Waals surface area contributed by atoms with Gasteiger partial charge in [0.15, 0.2) is 0 Å². The van der Waals surface area contributed by atoms with Gasteiger partial charge in [-0.05, 0) is 30.9 Å². The number of likely N-dealkylation sites (tertiary alicyclic amines) is 1. The fourth-order valence-electron chi connectivity index (χ4n) is 3.60. The van der Waals surface area contributed by atoms with Crippen molar-refractivity contribution in [2.75, 3.05) is 40.0 Å². The van der Waals surface area contributed by atoms with Crippen molar-refractivity contribution < 1.29 is 19.1 Å². The van der Waals surface area contributed by atoms with Gasteiger partial charge in [-0.25, -0.2) is 0 Å². The molecule has 0 atom stereocenters. The number of thiophene rings is 1. The van der Waals surface area contributed by atoms with E-state index >= 15 is 0 Å². The van der Waals surface area contributed by atoms with Crippen LogP contribution in [0.25, 0.3) is 0 Å². The van der Waals surface area contributed by atoms with Crippen molar-refractivity contribution in [2.24, 2.45) is 0 Å². The third-order valence-corrected chi connectivity index (χ3v) is 6.15. The second-order valence-corrected chi connectivity index (χ2v) is 7.75. The number of piperidine rings is 1. The first-order valence-corrected chi connectivity index (χ1v) is 9.73. The summed E-state index contributed by atoms with van der Waals surface area (Å²) in [6.07, 6.45) is 3.31. The van der Waals surface area contributed by atoms with E-state index in [1.165, 1.54) is 12.0 Å². The molecule has 0 aliphatic carbocycles. The molecular formula is C18H26N2O4S. The average Bonchev–Trinajstić information content (AvgIpc) is 3.06. The van der Waals surface area contributed by atoms with Crippen LogP contribution in [0.3, 0.4) is 0 Å². The van der Waals surface area contributed by atoms with E-state index in [9.17, 15) is 9.59 Å². The van der Waals surface area contributed by atoms with E-state index in [2.05, 4.69) is 5.32 Å².